The zero-order chi connectivity index (χ0) is 15.0. The minimum absolute atomic E-state index is 0.103. The molecule has 7 nitrogen and oxygen atoms in total. The van der Waals surface area contributed by atoms with Crippen LogP contribution in [0.25, 0.3) is 0 Å². The van der Waals surface area contributed by atoms with Crippen molar-refractivity contribution >= 4 is 12.4 Å². The molecular formula is C14H23N6O+. The first-order chi connectivity index (χ1) is 10.2. The summed E-state index contributed by atoms with van der Waals surface area (Å²) in [6.45, 7) is 3.12. The SMILES string of the molecule is C[N+]1(CCCNC(=O)NCCCn2ccnc2)C=CN=C1. The van der Waals surface area contributed by atoms with Gasteiger partial charge in [-0.2, -0.15) is 0 Å². The highest BCUT2D eigenvalue weighted by molar-refractivity contribution is 5.73. The lowest BCUT2D eigenvalue weighted by Crippen LogP contribution is -2.40. The fourth-order valence-corrected chi connectivity index (χ4v) is 2.12. The van der Waals surface area contributed by atoms with Crippen LogP contribution in [0.1, 0.15) is 12.8 Å². The van der Waals surface area contributed by atoms with Gasteiger partial charge in [0, 0.05) is 38.4 Å². The number of quaternary nitrogens is 1. The second-order valence-corrected chi connectivity index (χ2v) is 5.32. The molecule has 114 valence electrons. The van der Waals surface area contributed by atoms with Crippen LogP contribution < -0.4 is 10.6 Å². The molecule has 21 heavy (non-hydrogen) atoms. The molecule has 0 spiro atoms. The number of nitrogens with zero attached hydrogens (tertiary/aromatic N) is 4. The van der Waals surface area contributed by atoms with Gasteiger partial charge in [-0.3, -0.25) is 4.48 Å². The summed E-state index contributed by atoms with van der Waals surface area (Å²) >= 11 is 0. The molecule has 1 unspecified atom stereocenters. The number of imidazole rings is 1. The second kappa shape index (κ2) is 7.58. The number of amides is 2. The molecule has 2 heterocycles. The largest absolute Gasteiger partial charge is 0.338 e. The van der Waals surface area contributed by atoms with Gasteiger partial charge in [0.15, 0.2) is 6.34 Å². The van der Waals surface area contributed by atoms with E-state index in [1.165, 1.54) is 0 Å². The predicted octanol–water partition coefficient (Wildman–Crippen LogP) is 0.922. The summed E-state index contributed by atoms with van der Waals surface area (Å²) in [7, 11) is 2.09. The normalized spacial score (nSPS) is 19.9. The molecule has 2 rings (SSSR count). The third-order valence-corrected chi connectivity index (χ3v) is 3.36. The van der Waals surface area contributed by atoms with E-state index in [2.05, 4.69) is 27.7 Å². The van der Waals surface area contributed by atoms with Crippen molar-refractivity contribution < 1.29 is 9.28 Å². The molecule has 1 aliphatic rings. The lowest BCUT2D eigenvalue weighted by molar-refractivity contribution is -0.756. The van der Waals surface area contributed by atoms with Gasteiger partial charge in [-0.15, -0.1) is 0 Å². The Morgan fingerprint density at radius 2 is 2.10 bits per heavy atom. The second-order valence-electron chi connectivity index (χ2n) is 5.32. The van der Waals surface area contributed by atoms with Crippen molar-refractivity contribution in [2.45, 2.75) is 19.4 Å². The fraction of sp³-hybridized carbons (Fsp3) is 0.500. The quantitative estimate of drug-likeness (QED) is 0.552. The Kier molecular flexibility index (Phi) is 5.51. The van der Waals surface area contributed by atoms with Crippen LogP contribution in [-0.2, 0) is 6.54 Å². The van der Waals surface area contributed by atoms with E-state index in [-0.39, 0.29) is 6.03 Å². The summed E-state index contributed by atoms with van der Waals surface area (Å²) in [5, 5.41) is 5.72. The molecule has 0 aromatic carbocycles. The summed E-state index contributed by atoms with van der Waals surface area (Å²) < 4.78 is 2.70. The Morgan fingerprint density at radius 1 is 1.29 bits per heavy atom. The van der Waals surface area contributed by atoms with Crippen LogP contribution in [0.5, 0.6) is 0 Å². The Hall–Kier alpha value is -2.15. The van der Waals surface area contributed by atoms with Crippen molar-refractivity contribution in [3.8, 4) is 0 Å². The molecule has 0 aliphatic carbocycles. The van der Waals surface area contributed by atoms with Gasteiger partial charge >= 0.3 is 6.03 Å². The molecule has 1 aromatic rings. The molecule has 0 bridgehead atoms. The van der Waals surface area contributed by atoms with Crippen LogP contribution in [-0.4, -0.2) is 53.1 Å². The van der Waals surface area contributed by atoms with Crippen LogP contribution in [0.4, 0.5) is 4.79 Å². The van der Waals surface area contributed by atoms with Crippen molar-refractivity contribution in [2.24, 2.45) is 4.99 Å². The lowest BCUT2D eigenvalue weighted by Gasteiger charge is -2.21. The molecule has 2 amide bonds. The highest BCUT2D eigenvalue weighted by Crippen LogP contribution is 2.07. The van der Waals surface area contributed by atoms with Crippen molar-refractivity contribution in [1.29, 1.82) is 0 Å². The fourth-order valence-electron chi connectivity index (χ4n) is 2.12. The van der Waals surface area contributed by atoms with Gasteiger partial charge in [-0.1, -0.05) is 0 Å². The number of carbonyl (C=O) groups excluding carboxylic acids is 1. The van der Waals surface area contributed by atoms with Gasteiger partial charge in [0.05, 0.1) is 26.1 Å². The number of aliphatic imine (C=N–C) groups is 1. The minimum Gasteiger partial charge on any atom is -0.338 e. The average molecular weight is 291 g/mol. The van der Waals surface area contributed by atoms with Crippen LogP contribution >= 0.6 is 0 Å². The molecule has 1 aliphatic heterocycles. The van der Waals surface area contributed by atoms with E-state index in [0.29, 0.717) is 17.6 Å². The van der Waals surface area contributed by atoms with E-state index in [4.69, 9.17) is 0 Å². The highest BCUT2D eigenvalue weighted by Gasteiger charge is 2.18. The lowest BCUT2D eigenvalue weighted by atomic mass is 10.3. The van der Waals surface area contributed by atoms with Gasteiger partial charge in [-0.25, -0.2) is 14.8 Å². The molecule has 7 heteroatoms. The van der Waals surface area contributed by atoms with E-state index in [1.807, 2.05) is 23.3 Å². The van der Waals surface area contributed by atoms with Gasteiger partial charge in [0.25, 0.3) is 0 Å². The van der Waals surface area contributed by atoms with Crippen LogP contribution in [0.15, 0.2) is 36.1 Å². The number of aromatic nitrogens is 2. The Labute approximate surface area is 125 Å². The van der Waals surface area contributed by atoms with Gasteiger partial charge in [0.1, 0.15) is 6.20 Å². The zero-order valence-corrected chi connectivity index (χ0v) is 12.4. The van der Waals surface area contributed by atoms with Crippen molar-refractivity contribution in [3.05, 3.63) is 31.1 Å². The average Bonchev–Trinajstić information content (AvgIpc) is 3.12. The summed E-state index contributed by atoms with van der Waals surface area (Å²) in [5.41, 5.74) is 0. The number of carbonyl (C=O) groups is 1. The van der Waals surface area contributed by atoms with Gasteiger partial charge in [-0.05, 0) is 6.42 Å². The maximum Gasteiger partial charge on any atom is 0.314 e. The molecule has 1 atom stereocenters. The van der Waals surface area contributed by atoms with Gasteiger partial charge in [0.2, 0.25) is 0 Å². The topological polar surface area (TPSA) is 71.3 Å². The maximum atomic E-state index is 11.6. The number of hydrogen-bond acceptors (Lipinski definition) is 3. The maximum absolute atomic E-state index is 11.6. The smallest absolute Gasteiger partial charge is 0.314 e. The predicted molar refractivity (Wildman–Crippen MR) is 81.5 cm³/mol. The van der Waals surface area contributed by atoms with Crippen molar-refractivity contribution in [2.75, 3.05) is 26.7 Å². The van der Waals surface area contributed by atoms with E-state index >= 15 is 0 Å². The van der Waals surface area contributed by atoms with Crippen LogP contribution in [0, 0.1) is 0 Å². The zero-order valence-electron chi connectivity index (χ0n) is 12.4. The summed E-state index contributed by atoms with van der Waals surface area (Å²) in [5.74, 6) is 0. The standard InChI is InChI=1S/C14H22N6O/c1-20(11-7-16-13-20)10-3-5-18-14(21)17-4-2-8-19-9-6-15-12-19/h6-7,9,11-13H,2-5,8,10H2,1H3,(H-,17,18,21)/p+1. The third-order valence-electron chi connectivity index (χ3n) is 3.36. The van der Waals surface area contributed by atoms with E-state index in [0.717, 1.165) is 25.9 Å². The highest BCUT2D eigenvalue weighted by atomic mass is 16.2. The summed E-state index contributed by atoms with van der Waals surface area (Å²) in [4.78, 5) is 19.6. The molecule has 0 radical (unpaired) electrons. The molecule has 2 N–H and O–H groups in total. The monoisotopic (exact) mass is 291 g/mol. The van der Waals surface area contributed by atoms with Crippen molar-refractivity contribution in [3.63, 3.8) is 0 Å². The minimum atomic E-state index is -0.103. The number of rotatable bonds is 8. The first kappa shape index (κ1) is 15.2. The first-order valence-corrected chi connectivity index (χ1v) is 7.22. The Morgan fingerprint density at radius 3 is 2.76 bits per heavy atom. The molecule has 0 saturated heterocycles. The van der Waals surface area contributed by atoms with Crippen molar-refractivity contribution in [1.82, 2.24) is 20.2 Å². The number of hydrogen-bond donors (Lipinski definition) is 2. The van der Waals surface area contributed by atoms with Crippen LogP contribution in [0.3, 0.4) is 0 Å². The molecule has 1 aromatic heterocycles. The van der Waals surface area contributed by atoms with E-state index < -0.39 is 0 Å². The van der Waals surface area contributed by atoms with Gasteiger partial charge < -0.3 is 15.2 Å². The summed E-state index contributed by atoms with van der Waals surface area (Å²) in [6.07, 6.45) is 13.0. The number of urea groups is 1. The van der Waals surface area contributed by atoms with E-state index in [9.17, 15) is 4.79 Å². The molecular weight excluding hydrogens is 268 g/mol. The summed E-state index contributed by atoms with van der Waals surface area (Å²) in [6, 6.07) is -0.103. The molecule has 0 fully saturated rings. The van der Waals surface area contributed by atoms with Crippen LogP contribution in [0.2, 0.25) is 0 Å². The number of nitrogens with one attached hydrogen (secondary N) is 2. The number of aryl methyl sites for hydroxylation is 1. The molecule has 0 saturated carbocycles. The Balaban J connectivity index is 1.48. The van der Waals surface area contributed by atoms with E-state index in [1.54, 1.807) is 18.7 Å². The third kappa shape index (κ3) is 5.39. The Bertz CT molecular complexity index is 482. The first-order valence-electron chi connectivity index (χ1n) is 7.22.